The molecule has 4 rings (SSSR count). The number of benzene rings is 3. The SMILES string of the molecule is Cc1cccc([C@@H]2O[C@@H](CC(=O)Nc3cc(CCC(=O)O)ccc3F)C(=O)N(CC(C)(C)CO)c3ccc(Cl)cc32)c1C. The van der Waals surface area contributed by atoms with Crippen LogP contribution >= 0.6 is 11.6 Å². The van der Waals surface area contributed by atoms with Gasteiger partial charge in [0.05, 0.1) is 12.1 Å². The Balaban J connectivity index is 1.73. The molecule has 0 saturated carbocycles. The van der Waals surface area contributed by atoms with E-state index in [1.165, 1.54) is 17.0 Å². The molecule has 2 atom stereocenters. The number of hydrogen-bond donors (Lipinski definition) is 3. The average molecular weight is 611 g/mol. The van der Waals surface area contributed by atoms with Crippen molar-refractivity contribution in [2.24, 2.45) is 5.41 Å². The normalized spacial score (nSPS) is 16.9. The predicted octanol–water partition coefficient (Wildman–Crippen LogP) is 5.98. The number of amides is 2. The van der Waals surface area contributed by atoms with Gasteiger partial charge >= 0.3 is 5.97 Å². The predicted molar refractivity (Wildman–Crippen MR) is 163 cm³/mol. The maximum atomic E-state index is 14.6. The van der Waals surface area contributed by atoms with Crippen LogP contribution in [0.3, 0.4) is 0 Å². The van der Waals surface area contributed by atoms with Gasteiger partial charge in [0.1, 0.15) is 18.0 Å². The fraction of sp³-hybridized carbons (Fsp3) is 0.364. The lowest BCUT2D eigenvalue weighted by Crippen LogP contribution is -2.46. The van der Waals surface area contributed by atoms with Gasteiger partial charge in [-0.1, -0.05) is 49.7 Å². The van der Waals surface area contributed by atoms with Crippen LogP contribution in [0.5, 0.6) is 0 Å². The standard InChI is InChI=1S/C33H36ClFN2O6/c1-19-6-5-7-23(20(19)2)31-24-15-22(34)10-12-27(24)37(17-33(3,4)18-38)32(42)28(43-31)16-29(39)36-26-14-21(8-11-25(26)35)9-13-30(40)41/h5-8,10-12,14-15,28,31,38H,9,13,16-18H2,1-4H3,(H,36,39)(H,40,41)/t28-,31-/m0/s1. The fourth-order valence-corrected chi connectivity index (χ4v) is 5.27. The van der Waals surface area contributed by atoms with Crippen LogP contribution in [0, 0.1) is 25.1 Å². The number of carboxylic acids is 1. The number of aliphatic hydroxyl groups excluding tert-OH is 1. The Bertz CT molecular complexity index is 1540. The molecule has 0 unspecified atom stereocenters. The molecule has 0 spiro atoms. The monoisotopic (exact) mass is 610 g/mol. The van der Waals surface area contributed by atoms with Gasteiger partial charge in [0.25, 0.3) is 5.91 Å². The van der Waals surface area contributed by atoms with Crippen molar-refractivity contribution < 1.29 is 33.7 Å². The lowest BCUT2D eigenvalue weighted by atomic mass is 9.91. The number of halogens is 2. The highest BCUT2D eigenvalue weighted by Crippen LogP contribution is 2.42. The Morgan fingerprint density at radius 2 is 1.84 bits per heavy atom. The van der Waals surface area contributed by atoms with Gasteiger partial charge in [-0.05, 0) is 72.9 Å². The Morgan fingerprint density at radius 1 is 1.09 bits per heavy atom. The number of hydrogen-bond acceptors (Lipinski definition) is 5. The van der Waals surface area contributed by atoms with Crippen molar-refractivity contribution in [3.8, 4) is 0 Å². The molecule has 228 valence electrons. The van der Waals surface area contributed by atoms with Crippen molar-refractivity contribution in [3.05, 3.63) is 93.3 Å². The molecule has 0 fully saturated rings. The molecule has 1 aliphatic rings. The van der Waals surface area contributed by atoms with Gasteiger partial charge in [-0.2, -0.15) is 0 Å². The van der Waals surface area contributed by atoms with E-state index in [2.05, 4.69) is 5.32 Å². The van der Waals surface area contributed by atoms with Crippen molar-refractivity contribution in [1.29, 1.82) is 0 Å². The van der Waals surface area contributed by atoms with Crippen molar-refractivity contribution in [2.45, 2.75) is 59.2 Å². The van der Waals surface area contributed by atoms with Crippen molar-refractivity contribution in [2.75, 3.05) is 23.4 Å². The summed E-state index contributed by atoms with van der Waals surface area (Å²) in [6, 6.07) is 15.0. The molecule has 43 heavy (non-hydrogen) atoms. The highest BCUT2D eigenvalue weighted by Gasteiger charge is 2.40. The maximum Gasteiger partial charge on any atom is 0.303 e. The number of anilines is 2. The van der Waals surface area contributed by atoms with Gasteiger partial charge in [0.2, 0.25) is 5.91 Å². The summed E-state index contributed by atoms with van der Waals surface area (Å²) in [6.45, 7) is 7.53. The third kappa shape index (κ3) is 7.60. The summed E-state index contributed by atoms with van der Waals surface area (Å²) in [4.78, 5) is 40.0. The molecule has 0 radical (unpaired) electrons. The van der Waals surface area contributed by atoms with Crippen LogP contribution in [0.2, 0.25) is 5.02 Å². The Labute approximate surface area is 255 Å². The molecule has 2 amide bonds. The minimum atomic E-state index is -1.26. The molecule has 3 N–H and O–H groups in total. The first-order valence-corrected chi connectivity index (χ1v) is 14.4. The number of nitrogens with one attached hydrogen (secondary N) is 1. The van der Waals surface area contributed by atoms with Gasteiger partial charge in [-0.3, -0.25) is 14.4 Å². The second-order valence-electron chi connectivity index (χ2n) is 11.7. The van der Waals surface area contributed by atoms with Gasteiger partial charge in [-0.25, -0.2) is 4.39 Å². The van der Waals surface area contributed by atoms with Crippen LogP contribution in [0.15, 0.2) is 54.6 Å². The van der Waals surface area contributed by atoms with E-state index in [-0.39, 0.29) is 31.7 Å². The summed E-state index contributed by atoms with van der Waals surface area (Å²) in [5.74, 6) is -2.82. The van der Waals surface area contributed by atoms with E-state index >= 15 is 0 Å². The second kappa shape index (κ2) is 13.2. The molecular formula is C33H36ClFN2O6. The number of ether oxygens (including phenoxy) is 1. The van der Waals surface area contributed by atoms with Crippen LogP contribution in [0.1, 0.15) is 60.6 Å². The molecule has 1 aliphatic heterocycles. The molecule has 8 nitrogen and oxygen atoms in total. The molecule has 0 saturated heterocycles. The van der Waals surface area contributed by atoms with E-state index in [1.54, 1.807) is 18.2 Å². The summed E-state index contributed by atoms with van der Waals surface area (Å²) >= 11 is 6.45. The second-order valence-corrected chi connectivity index (χ2v) is 12.1. The lowest BCUT2D eigenvalue weighted by Gasteiger charge is -2.32. The molecule has 0 aromatic heterocycles. The first kappa shape index (κ1) is 32.1. The molecule has 0 bridgehead atoms. The zero-order chi connectivity index (χ0) is 31.5. The molecular weight excluding hydrogens is 575 g/mol. The minimum absolute atomic E-state index is 0.117. The third-order valence-corrected chi connectivity index (χ3v) is 7.89. The number of fused-ring (bicyclic) bond motifs is 1. The van der Waals surface area contributed by atoms with Crippen molar-refractivity contribution >= 4 is 40.8 Å². The van der Waals surface area contributed by atoms with Crippen LogP contribution in [-0.2, 0) is 25.5 Å². The highest BCUT2D eigenvalue weighted by molar-refractivity contribution is 6.30. The number of aryl methyl sites for hydroxylation is 2. The molecule has 1 heterocycles. The average Bonchev–Trinajstić information content (AvgIpc) is 3.05. The quantitative estimate of drug-likeness (QED) is 0.260. The minimum Gasteiger partial charge on any atom is -0.481 e. The first-order chi connectivity index (χ1) is 20.3. The van der Waals surface area contributed by atoms with E-state index < -0.39 is 47.6 Å². The van der Waals surface area contributed by atoms with E-state index in [0.29, 0.717) is 21.8 Å². The fourth-order valence-electron chi connectivity index (χ4n) is 5.09. The molecule has 0 aliphatic carbocycles. The summed E-state index contributed by atoms with van der Waals surface area (Å²) in [5.41, 5.74) is 3.73. The smallest absolute Gasteiger partial charge is 0.303 e. The number of aliphatic hydroxyl groups is 1. The van der Waals surface area contributed by atoms with Crippen LogP contribution in [0.4, 0.5) is 15.8 Å². The number of carboxylic acid groups (broad SMARTS) is 1. The maximum absolute atomic E-state index is 14.6. The molecule has 3 aromatic carbocycles. The molecule has 3 aromatic rings. The third-order valence-electron chi connectivity index (χ3n) is 7.65. The number of carbonyl (C=O) groups is 3. The topological polar surface area (TPSA) is 116 Å². The lowest BCUT2D eigenvalue weighted by molar-refractivity contribution is -0.137. The summed E-state index contributed by atoms with van der Waals surface area (Å²) < 4.78 is 21.1. The van der Waals surface area contributed by atoms with Crippen LogP contribution < -0.4 is 10.2 Å². The Kier molecular flexibility index (Phi) is 9.89. The van der Waals surface area contributed by atoms with Gasteiger partial charge in [-0.15, -0.1) is 0 Å². The Hall–Kier alpha value is -3.79. The van der Waals surface area contributed by atoms with E-state index in [4.69, 9.17) is 21.4 Å². The summed E-state index contributed by atoms with van der Waals surface area (Å²) in [7, 11) is 0. The summed E-state index contributed by atoms with van der Waals surface area (Å²) in [6.07, 6.45) is -2.42. The number of carbonyl (C=O) groups excluding carboxylic acids is 2. The van der Waals surface area contributed by atoms with E-state index in [1.807, 2.05) is 45.9 Å². The van der Waals surface area contributed by atoms with Gasteiger partial charge < -0.3 is 25.2 Å². The van der Waals surface area contributed by atoms with E-state index in [9.17, 15) is 23.9 Å². The largest absolute Gasteiger partial charge is 0.481 e. The zero-order valence-corrected chi connectivity index (χ0v) is 25.4. The van der Waals surface area contributed by atoms with Crippen LogP contribution in [0.25, 0.3) is 0 Å². The number of rotatable bonds is 10. The first-order valence-electron chi connectivity index (χ1n) is 14.0. The van der Waals surface area contributed by atoms with Crippen molar-refractivity contribution in [3.63, 3.8) is 0 Å². The van der Waals surface area contributed by atoms with Gasteiger partial charge in [0, 0.05) is 41.3 Å². The number of aliphatic carboxylic acids is 1. The molecule has 10 heteroatoms. The zero-order valence-electron chi connectivity index (χ0n) is 24.6. The van der Waals surface area contributed by atoms with Gasteiger partial charge in [0.15, 0.2) is 0 Å². The Morgan fingerprint density at radius 3 is 2.53 bits per heavy atom. The van der Waals surface area contributed by atoms with E-state index in [0.717, 1.165) is 22.8 Å². The van der Waals surface area contributed by atoms with Crippen molar-refractivity contribution in [1.82, 2.24) is 0 Å². The summed E-state index contributed by atoms with van der Waals surface area (Å²) in [5, 5.41) is 22.0. The van der Waals surface area contributed by atoms with Crippen LogP contribution in [-0.4, -0.2) is 47.3 Å². The number of nitrogens with zero attached hydrogens (tertiary/aromatic N) is 1. The highest BCUT2D eigenvalue weighted by atomic mass is 35.5.